The highest BCUT2D eigenvalue weighted by molar-refractivity contribution is 4.89. The van der Waals surface area contributed by atoms with Crippen LogP contribution in [0.15, 0.2) is 12.4 Å². The van der Waals surface area contributed by atoms with E-state index in [0.717, 1.165) is 13.2 Å². The topological polar surface area (TPSA) is 10.8 Å². The Bertz CT molecular complexity index is 168. The molecule has 0 radical (unpaired) electrons. The third kappa shape index (κ3) is 1.66. The zero-order valence-electron chi connectivity index (χ0n) is 6.12. The second-order valence-corrected chi connectivity index (χ2v) is 2.39. The van der Waals surface area contributed by atoms with E-state index in [1.807, 2.05) is 19.4 Å². The van der Waals surface area contributed by atoms with Crippen molar-refractivity contribution in [3.8, 4) is 0 Å². The third-order valence-corrected chi connectivity index (χ3v) is 1.44. The van der Waals surface area contributed by atoms with E-state index in [0.29, 0.717) is 6.54 Å². The Kier molecular flexibility index (Phi) is 2.16. The number of rotatable bonds is 2. The molecule has 0 aromatic heterocycles. The Balaban J connectivity index is 2.21. The maximum absolute atomic E-state index is 6.58. The van der Waals surface area contributed by atoms with Crippen LogP contribution in [-0.4, -0.2) is 36.6 Å². The quantitative estimate of drug-likeness (QED) is 0.516. The summed E-state index contributed by atoms with van der Waals surface area (Å²) in [6.07, 6.45) is 4.04. The molecule has 54 valence electrons. The minimum Gasteiger partial charge on any atom is -0.362 e. The maximum Gasteiger partial charge on any atom is 0.231 e. The van der Waals surface area contributed by atoms with Crippen molar-refractivity contribution in [1.29, 1.82) is 0 Å². The van der Waals surface area contributed by atoms with Crippen molar-refractivity contribution >= 4 is 0 Å². The summed E-state index contributed by atoms with van der Waals surface area (Å²) in [4.78, 5) is 7.49. The van der Waals surface area contributed by atoms with Gasteiger partial charge in [0, 0.05) is 19.4 Å². The zero-order valence-corrected chi connectivity index (χ0v) is 6.12. The van der Waals surface area contributed by atoms with E-state index in [1.54, 1.807) is 0 Å². The summed E-state index contributed by atoms with van der Waals surface area (Å²) >= 11 is 0. The van der Waals surface area contributed by atoms with Gasteiger partial charge in [-0.2, -0.15) is 0 Å². The lowest BCUT2D eigenvalue weighted by Crippen LogP contribution is -2.24. The van der Waals surface area contributed by atoms with E-state index < -0.39 is 0 Å². The molecule has 0 N–H and O–H groups in total. The van der Waals surface area contributed by atoms with Crippen LogP contribution in [0.5, 0.6) is 0 Å². The molecule has 1 aliphatic heterocycles. The Morgan fingerprint density at radius 2 is 2.40 bits per heavy atom. The Morgan fingerprint density at radius 3 is 2.90 bits per heavy atom. The summed E-state index contributed by atoms with van der Waals surface area (Å²) < 4.78 is 0. The Hall–Kier alpha value is -1.17. The smallest absolute Gasteiger partial charge is 0.231 e. The van der Waals surface area contributed by atoms with E-state index in [4.69, 9.17) is 6.57 Å². The van der Waals surface area contributed by atoms with Gasteiger partial charge in [0.1, 0.15) is 0 Å². The summed E-state index contributed by atoms with van der Waals surface area (Å²) in [6, 6.07) is 0. The minimum atomic E-state index is 0.595. The van der Waals surface area contributed by atoms with E-state index in [2.05, 4.69) is 14.6 Å². The first-order chi connectivity index (χ1) is 4.83. The van der Waals surface area contributed by atoms with E-state index >= 15 is 0 Å². The Labute approximate surface area is 61.4 Å². The average molecular weight is 137 g/mol. The lowest BCUT2D eigenvalue weighted by molar-refractivity contribution is 0.306. The van der Waals surface area contributed by atoms with Crippen LogP contribution in [-0.2, 0) is 0 Å². The number of nitrogens with zero attached hydrogens (tertiary/aromatic N) is 3. The number of hydrogen-bond donors (Lipinski definition) is 0. The molecule has 0 saturated heterocycles. The summed E-state index contributed by atoms with van der Waals surface area (Å²) in [5, 5.41) is 0. The molecule has 3 heteroatoms. The average Bonchev–Trinajstić information content (AvgIpc) is 2.31. The van der Waals surface area contributed by atoms with Gasteiger partial charge in [-0.15, -0.1) is 0 Å². The molecule has 0 spiro atoms. The molecule has 0 saturated carbocycles. The van der Waals surface area contributed by atoms with E-state index in [1.165, 1.54) is 0 Å². The molecule has 0 fully saturated rings. The largest absolute Gasteiger partial charge is 0.362 e. The van der Waals surface area contributed by atoms with Crippen LogP contribution in [0.4, 0.5) is 0 Å². The van der Waals surface area contributed by atoms with Crippen LogP contribution in [0.1, 0.15) is 0 Å². The maximum atomic E-state index is 6.58. The predicted molar refractivity (Wildman–Crippen MR) is 39.9 cm³/mol. The van der Waals surface area contributed by atoms with E-state index in [-0.39, 0.29) is 0 Å². The zero-order chi connectivity index (χ0) is 7.40. The van der Waals surface area contributed by atoms with Crippen molar-refractivity contribution in [2.45, 2.75) is 0 Å². The van der Waals surface area contributed by atoms with Gasteiger partial charge >= 0.3 is 0 Å². The van der Waals surface area contributed by atoms with Gasteiger partial charge in [0.05, 0.1) is 13.2 Å². The first kappa shape index (κ1) is 6.94. The van der Waals surface area contributed by atoms with Crippen LogP contribution < -0.4 is 0 Å². The third-order valence-electron chi connectivity index (χ3n) is 1.44. The van der Waals surface area contributed by atoms with Crippen molar-refractivity contribution in [1.82, 2.24) is 9.80 Å². The second-order valence-electron chi connectivity index (χ2n) is 2.39. The van der Waals surface area contributed by atoms with Gasteiger partial charge < -0.3 is 14.6 Å². The minimum absolute atomic E-state index is 0.595. The van der Waals surface area contributed by atoms with Crippen molar-refractivity contribution in [3.63, 3.8) is 0 Å². The molecular formula is C7H11N3. The van der Waals surface area contributed by atoms with Crippen molar-refractivity contribution in [3.05, 3.63) is 23.8 Å². The highest BCUT2D eigenvalue weighted by Gasteiger charge is 2.07. The van der Waals surface area contributed by atoms with Gasteiger partial charge in [0.15, 0.2) is 0 Å². The van der Waals surface area contributed by atoms with Crippen LogP contribution >= 0.6 is 0 Å². The van der Waals surface area contributed by atoms with Crippen molar-refractivity contribution in [2.24, 2.45) is 0 Å². The molecule has 0 amide bonds. The fourth-order valence-corrected chi connectivity index (χ4v) is 0.913. The van der Waals surface area contributed by atoms with Gasteiger partial charge in [-0.05, 0) is 0 Å². The second kappa shape index (κ2) is 3.11. The van der Waals surface area contributed by atoms with Crippen LogP contribution in [0.2, 0.25) is 0 Å². The molecule has 1 rings (SSSR count). The fraction of sp³-hybridized carbons (Fsp3) is 0.571. The highest BCUT2D eigenvalue weighted by atomic mass is 15.3. The van der Waals surface area contributed by atoms with Gasteiger partial charge in [0.2, 0.25) is 6.54 Å². The van der Waals surface area contributed by atoms with Gasteiger partial charge in [0.25, 0.3) is 0 Å². The molecule has 1 aliphatic rings. The Morgan fingerprint density at radius 1 is 1.60 bits per heavy atom. The normalized spacial score (nSPS) is 16.0. The van der Waals surface area contributed by atoms with Crippen molar-refractivity contribution in [2.75, 3.05) is 26.8 Å². The van der Waals surface area contributed by atoms with Crippen LogP contribution in [0.3, 0.4) is 0 Å². The molecule has 3 nitrogen and oxygen atoms in total. The lowest BCUT2D eigenvalue weighted by Gasteiger charge is -2.14. The lowest BCUT2D eigenvalue weighted by atomic mass is 10.6. The highest BCUT2D eigenvalue weighted by Crippen LogP contribution is 2.01. The van der Waals surface area contributed by atoms with Gasteiger partial charge in [-0.3, -0.25) is 0 Å². The van der Waals surface area contributed by atoms with Crippen LogP contribution in [0, 0.1) is 6.57 Å². The van der Waals surface area contributed by atoms with Crippen LogP contribution in [0.25, 0.3) is 4.85 Å². The molecule has 1 heterocycles. The molecule has 0 unspecified atom stereocenters. The number of hydrogen-bond acceptors (Lipinski definition) is 2. The first-order valence-electron chi connectivity index (χ1n) is 3.29. The standard InChI is InChI=1S/C7H11N3/c1-8-3-4-10-6-5-9(2)7-10/h5-6H,3-4,7H2,2H3. The molecule has 0 aromatic carbocycles. The summed E-state index contributed by atoms with van der Waals surface area (Å²) in [7, 11) is 2.02. The molecule has 0 bridgehead atoms. The summed E-state index contributed by atoms with van der Waals surface area (Å²) in [5.74, 6) is 0. The van der Waals surface area contributed by atoms with Gasteiger partial charge in [-0.25, -0.2) is 6.57 Å². The summed E-state index contributed by atoms with van der Waals surface area (Å²) in [6.45, 7) is 8.95. The molecule has 0 aliphatic carbocycles. The fourth-order valence-electron chi connectivity index (χ4n) is 0.913. The monoisotopic (exact) mass is 137 g/mol. The molecule has 0 atom stereocenters. The molecule has 0 aromatic rings. The first-order valence-corrected chi connectivity index (χ1v) is 3.29. The summed E-state index contributed by atoms with van der Waals surface area (Å²) in [5.41, 5.74) is 0. The molecule has 10 heavy (non-hydrogen) atoms. The molecular weight excluding hydrogens is 126 g/mol. The predicted octanol–water partition coefficient (Wildman–Crippen LogP) is 0.582. The SMILES string of the molecule is [C-]#[N+]CCN1C=CN(C)C1. The van der Waals surface area contributed by atoms with Gasteiger partial charge in [-0.1, -0.05) is 0 Å². The van der Waals surface area contributed by atoms with Crippen molar-refractivity contribution < 1.29 is 0 Å². The van der Waals surface area contributed by atoms with E-state index in [9.17, 15) is 0 Å².